The second kappa shape index (κ2) is 6.11. The van der Waals surface area contributed by atoms with E-state index < -0.39 is 27.3 Å². The van der Waals surface area contributed by atoms with Crippen molar-refractivity contribution in [3.05, 3.63) is 29.1 Å². The first-order valence-electron chi connectivity index (χ1n) is 6.57. The van der Waals surface area contributed by atoms with E-state index in [1.807, 2.05) is 0 Å². The van der Waals surface area contributed by atoms with Crippen molar-refractivity contribution in [3.63, 3.8) is 0 Å². The van der Waals surface area contributed by atoms with E-state index >= 15 is 0 Å². The second-order valence-corrected chi connectivity index (χ2v) is 6.98. The number of benzene rings is 1. The molecule has 0 radical (unpaired) electrons. The van der Waals surface area contributed by atoms with E-state index in [4.69, 9.17) is 0 Å². The topological polar surface area (TPSA) is 83.5 Å². The highest BCUT2D eigenvalue weighted by atomic mass is 32.2. The zero-order valence-corrected chi connectivity index (χ0v) is 13.3. The van der Waals surface area contributed by atoms with Crippen LogP contribution in [-0.4, -0.2) is 25.0 Å². The van der Waals surface area contributed by atoms with Crippen molar-refractivity contribution in [1.29, 1.82) is 0 Å². The van der Waals surface area contributed by atoms with Crippen molar-refractivity contribution in [3.8, 4) is 0 Å². The Balaban J connectivity index is 3.33. The van der Waals surface area contributed by atoms with E-state index in [1.54, 1.807) is 6.92 Å². The fourth-order valence-corrected chi connectivity index (χ4v) is 4.22. The zero-order valence-electron chi connectivity index (χ0n) is 12.5. The number of aliphatic carboxylic acids is 1. The zero-order chi connectivity index (χ0) is 16.4. The quantitative estimate of drug-likeness (QED) is 0.843. The highest BCUT2D eigenvalue weighted by Gasteiger charge is 2.38. The van der Waals surface area contributed by atoms with E-state index in [9.17, 15) is 22.7 Å². The number of hydrogen-bond acceptors (Lipinski definition) is 3. The lowest BCUT2D eigenvalue weighted by atomic mass is 9.98. The van der Waals surface area contributed by atoms with E-state index in [0.29, 0.717) is 6.42 Å². The molecule has 0 aliphatic rings. The minimum Gasteiger partial charge on any atom is -0.480 e. The Morgan fingerprint density at radius 3 is 2.19 bits per heavy atom. The van der Waals surface area contributed by atoms with Crippen LogP contribution in [0, 0.1) is 19.7 Å². The summed E-state index contributed by atoms with van der Waals surface area (Å²) in [4.78, 5) is 11.3. The molecule has 5 nitrogen and oxygen atoms in total. The van der Waals surface area contributed by atoms with Crippen LogP contribution in [-0.2, 0) is 14.8 Å². The lowest BCUT2D eigenvalue weighted by Crippen LogP contribution is -2.52. The first kappa shape index (κ1) is 17.6. The minimum atomic E-state index is -4.06. The summed E-state index contributed by atoms with van der Waals surface area (Å²) in [5, 5.41) is 9.27. The number of hydrogen-bond donors (Lipinski definition) is 2. The van der Waals surface area contributed by atoms with Gasteiger partial charge in [0.2, 0.25) is 10.0 Å². The summed E-state index contributed by atoms with van der Waals surface area (Å²) in [7, 11) is -4.06. The average Bonchev–Trinajstić information content (AvgIpc) is 2.25. The van der Waals surface area contributed by atoms with Gasteiger partial charge < -0.3 is 5.11 Å². The molecule has 0 heterocycles. The maximum absolute atomic E-state index is 13.3. The van der Waals surface area contributed by atoms with Crippen molar-refractivity contribution >= 4 is 16.0 Å². The SMILES string of the molecule is CCCC(C)(NS(=O)(=O)c1c(C)cc(F)cc1C)C(=O)O. The Hall–Kier alpha value is -1.47. The molecule has 1 rings (SSSR count). The summed E-state index contributed by atoms with van der Waals surface area (Å²) >= 11 is 0. The predicted molar refractivity (Wildman–Crippen MR) is 77.1 cm³/mol. The molecule has 0 amide bonds. The molecule has 0 aliphatic heterocycles. The lowest BCUT2D eigenvalue weighted by molar-refractivity contribution is -0.143. The third-order valence-corrected chi connectivity index (χ3v) is 5.18. The van der Waals surface area contributed by atoms with Gasteiger partial charge >= 0.3 is 5.97 Å². The molecule has 1 unspecified atom stereocenters. The summed E-state index contributed by atoms with van der Waals surface area (Å²) in [6.45, 7) is 6.04. The van der Waals surface area contributed by atoms with Gasteiger partial charge in [-0.2, -0.15) is 4.72 Å². The maximum Gasteiger partial charge on any atom is 0.324 e. The molecule has 0 spiro atoms. The van der Waals surface area contributed by atoms with Crippen molar-refractivity contribution < 1.29 is 22.7 Å². The minimum absolute atomic E-state index is 0.0764. The fraction of sp³-hybridized carbons (Fsp3) is 0.500. The highest BCUT2D eigenvalue weighted by molar-refractivity contribution is 7.89. The molecule has 0 saturated carbocycles. The molecular formula is C14H20FNO4S. The summed E-state index contributed by atoms with van der Waals surface area (Å²) in [5.74, 6) is -1.77. The number of carboxylic acid groups (broad SMARTS) is 1. The van der Waals surface area contributed by atoms with Gasteiger partial charge in [0.15, 0.2) is 0 Å². The number of halogens is 1. The first-order valence-corrected chi connectivity index (χ1v) is 8.06. The van der Waals surface area contributed by atoms with Gasteiger partial charge in [-0.3, -0.25) is 4.79 Å². The van der Waals surface area contributed by atoms with Gasteiger partial charge in [-0.05, 0) is 50.5 Å². The van der Waals surface area contributed by atoms with Gasteiger partial charge in [0.1, 0.15) is 11.4 Å². The molecule has 1 aromatic carbocycles. The molecule has 0 aliphatic carbocycles. The second-order valence-electron chi connectivity index (χ2n) is 5.36. The molecule has 0 bridgehead atoms. The molecule has 7 heteroatoms. The molecule has 1 aromatic rings. The van der Waals surface area contributed by atoms with Crippen molar-refractivity contribution in [2.24, 2.45) is 0 Å². The van der Waals surface area contributed by atoms with Gasteiger partial charge in [0.05, 0.1) is 4.90 Å². The molecule has 0 saturated heterocycles. The van der Waals surface area contributed by atoms with E-state index in [1.165, 1.54) is 20.8 Å². The number of carboxylic acids is 1. The van der Waals surface area contributed by atoms with Gasteiger partial charge in [0, 0.05) is 0 Å². The summed E-state index contributed by atoms with van der Waals surface area (Å²) < 4.78 is 40.5. The monoisotopic (exact) mass is 317 g/mol. The van der Waals surface area contributed by atoms with Crippen LogP contribution in [0.15, 0.2) is 17.0 Å². The molecule has 118 valence electrons. The molecule has 2 N–H and O–H groups in total. The maximum atomic E-state index is 13.3. The molecule has 0 aromatic heterocycles. The Morgan fingerprint density at radius 2 is 1.81 bits per heavy atom. The van der Waals surface area contributed by atoms with Gasteiger partial charge in [-0.25, -0.2) is 12.8 Å². The summed E-state index contributed by atoms with van der Waals surface area (Å²) in [6, 6.07) is 2.22. The standard InChI is InChI=1S/C14H20FNO4S/c1-5-6-14(4,13(17)18)16-21(19,20)12-9(2)7-11(15)8-10(12)3/h7-8,16H,5-6H2,1-4H3,(H,17,18). The van der Waals surface area contributed by atoms with Crippen LogP contribution in [0.2, 0.25) is 0 Å². The Bertz CT molecular complexity index is 634. The molecule has 21 heavy (non-hydrogen) atoms. The lowest BCUT2D eigenvalue weighted by Gasteiger charge is -2.26. The Kier molecular flexibility index (Phi) is 5.11. The smallest absolute Gasteiger partial charge is 0.324 e. The molecule has 0 fully saturated rings. The van der Waals surface area contributed by atoms with Crippen molar-refractivity contribution in [2.45, 2.75) is 51.0 Å². The van der Waals surface area contributed by atoms with Crippen LogP contribution in [0.4, 0.5) is 4.39 Å². The van der Waals surface area contributed by atoms with Crippen LogP contribution in [0.3, 0.4) is 0 Å². The van der Waals surface area contributed by atoms with Crippen molar-refractivity contribution in [2.75, 3.05) is 0 Å². The van der Waals surface area contributed by atoms with Crippen LogP contribution < -0.4 is 4.72 Å². The number of sulfonamides is 1. The Morgan fingerprint density at radius 1 is 1.33 bits per heavy atom. The van der Waals surface area contributed by atoms with E-state index in [-0.39, 0.29) is 22.4 Å². The van der Waals surface area contributed by atoms with Gasteiger partial charge in [-0.15, -0.1) is 0 Å². The number of rotatable bonds is 6. The third-order valence-electron chi connectivity index (χ3n) is 3.28. The summed E-state index contributed by atoms with van der Waals surface area (Å²) in [6.07, 6.45) is 0.660. The van der Waals surface area contributed by atoms with Gasteiger partial charge in [-0.1, -0.05) is 13.3 Å². The van der Waals surface area contributed by atoms with Crippen LogP contribution in [0.25, 0.3) is 0 Å². The highest BCUT2D eigenvalue weighted by Crippen LogP contribution is 2.24. The van der Waals surface area contributed by atoms with Gasteiger partial charge in [0.25, 0.3) is 0 Å². The average molecular weight is 317 g/mol. The normalized spacial score (nSPS) is 14.7. The third kappa shape index (κ3) is 3.79. The number of aryl methyl sites for hydroxylation is 2. The van der Waals surface area contributed by atoms with Crippen LogP contribution in [0.5, 0.6) is 0 Å². The molecular weight excluding hydrogens is 297 g/mol. The fourth-order valence-electron chi connectivity index (χ4n) is 2.37. The summed E-state index contributed by atoms with van der Waals surface area (Å²) in [5.41, 5.74) is -1.12. The number of carbonyl (C=O) groups is 1. The molecule has 1 atom stereocenters. The predicted octanol–water partition coefficient (Wildman–Crippen LogP) is 2.36. The van der Waals surface area contributed by atoms with Crippen LogP contribution >= 0.6 is 0 Å². The number of nitrogens with one attached hydrogen (secondary N) is 1. The van der Waals surface area contributed by atoms with Crippen molar-refractivity contribution in [1.82, 2.24) is 4.72 Å². The van der Waals surface area contributed by atoms with E-state index in [2.05, 4.69) is 4.72 Å². The first-order chi connectivity index (χ1) is 9.53. The van der Waals surface area contributed by atoms with E-state index in [0.717, 1.165) is 12.1 Å². The largest absolute Gasteiger partial charge is 0.480 e. The van der Waals surface area contributed by atoms with Crippen LogP contribution in [0.1, 0.15) is 37.8 Å². The Labute approximate surface area is 124 Å².